The highest BCUT2D eigenvalue weighted by atomic mass is 16.4. The van der Waals surface area contributed by atoms with Gasteiger partial charge in [0.05, 0.1) is 0 Å². The van der Waals surface area contributed by atoms with Gasteiger partial charge in [-0.05, 0) is 19.3 Å². The summed E-state index contributed by atoms with van der Waals surface area (Å²) in [6, 6.07) is 0. The van der Waals surface area contributed by atoms with Crippen molar-refractivity contribution in [2.75, 3.05) is 6.54 Å². The predicted molar refractivity (Wildman–Crippen MR) is 45.7 cm³/mol. The van der Waals surface area contributed by atoms with E-state index in [9.17, 15) is 4.79 Å². The molecule has 0 heterocycles. The Morgan fingerprint density at radius 1 is 1.67 bits per heavy atom. The van der Waals surface area contributed by atoms with Crippen LogP contribution in [0.4, 0.5) is 0 Å². The van der Waals surface area contributed by atoms with Gasteiger partial charge in [-0.1, -0.05) is 0 Å². The molecule has 3 heteroatoms. The summed E-state index contributed by atoms with van der Waals surface area (Å²) in [5.41, 5.74) is -0.656. The topological polar surface area (TPSA) is 49.3 Å². The number of rotatable bonds is 4. The molecule has 0 unspecified atom stereocenters. The van der Waals surface area contributed by atoms with Crippen molar-refractivity contribution in [1.29, 1.82) is 0 Å². The number of hydrogen-bond donors (Lipinski definition) is 2. The van der Waals surface area contributed by atoms with Crippen LogP contribution in [0.2, 0.25) is 0 Å². The van der Waals surface area contributed by atoms with Crippen LogP contribution in [-0.4, -0.2) is 23.2 Å². The number of hydrogen-bond acceptors (Lipinski definition) is 2. The monoisotopic (exact) mass is 167 g/mol. The maximum atomic E-state index is 10.8. The van der Waals surface area contributed by atoms with E-state index >= 15 is 0 Å². The largest absolute Gasteiger partial charge is 0.480 e. The van der Waals surface area contributed by atoms with Crippen molar-refractivity contribution in [2.24, 2.45) is 0 Å². The molecule has 3 nitrogen and oxygen atoms in total. The minimum absolute atomic E-state index is 0.592. The van der Waals surface area contributed by atoms with Crippen molar-refractivity contribution in [3.8, 4) is 12.3 Å². The highest BCUT2D eigenvalue weighted by Crippen LogP contribution is 2.31. The van der Waals surface area contributed by atoms with Gasteiger partial charge in [-0.15, -0.1) is 12.3 Å². The first kappa shape index (κ1) is 9.08. The van der Waals surface area contributed by atoms with E-state index in [0.29, 0.717) is 13.0 Å². The SMILES string of the molecule is C#CCCNC1(C(=O)O)CCC1. The Bertz CT molecular complexity index is 213. The number of carbonyl (C=O) groups is 1. The van der Waals surface area contributed by atoms with Crippen molar-refractivity contribution in [1.82, 2.24) is 5.32 Å². The molecule has 1 aliphatic rings. The van der Waals surface area contributed by atoms with Crippen LogP contribution in [0.25, 0.3) is 0 Å². The molecule has 0 aromatic rings. The van der Waals surface area contributed by atoms with Gasteiger partial charge in [-0.2, -0.15) is 0 Å². The molecule has 0 spiro atoms. The third-order valence-electron chi connectivity index (χ3n) is 2.35. The van der Waals surface area contributed by atoms with Gasteiger partial charge < -0.3 is 10.4 Å². The highest BCUT2D eigenvalue weighted by Gasteiger charge is 2.43. The molecule has 0 aliphatic heterocycles. The Labute approximate surface area is 72.2 Å². The molecule has 1 saturated carbocycles. The van der Waals surface area contributed by atoms with E-state index in [1.807, 2.05) is 0 Å². The van der Waals surface area contributed by atoms with Crippen molar-refractivity contribution in [3.63, 3.8) is 0 Å². The van der Waals surface area contributed by atoms with Gasteiger partial charge in [0.1, 0.15) is 5.54 Å². The summed E-state index contributed by atoms with van der Waals surface area (Å²) >= 11 is 0. The van der Waals surface area contributed by atoms with Gasteiger partial charge in [-0.25, -0.2) is 0 Å². The molecule has 66 valence electrons. The Hall–Kier alpha value is -1.01. The Morgan fingerprint density at radius 3 is 2.67 bits per heavy atom. The fourth-order valence-electron chi connectivity index (χ4n) is 1.37. The van der Waals surface area contributed by atoms with Crippen LogP contribution < -0.4 is 5.32 Å². The first-order valence-corrected chi connectivity index (χ1v) is 4.13. The van der Waals surface area contributed by atoms with E-state index in [0.717, 1.165) is 19.3 Å². The number of terminal acetylenes is 1. The zero-order valence-electron chi connectivity index (χ0n) is 6.97. The smallest absolute Gasteiger partial charge is 0.323 e. The van der Waals surface area contributed by atoms with E-state index in [1.54, 1.807) is 0 Å². The van der Waals surface area contributed by atoms with Gasteiger partial charge in [0.2, 0.25) is 0 Å². The summed E-state index contributed by atoms with van der Waals surface area (Å²) in [5.74, 6) is 1.73. The molecular weight excluding hydrogens is 154 g/mol. The van der Waals surface area contributed by atoms with Crippen LogP contribution in [0.15, 0.2) is 0 Å². The molecule has 0 atom stereocenters. The minimum atomic E-state index is -0.745. The standard InChI is InChI=1S/C9H13NO2/c1-2-3-7-10-9(8(11)12)5-4-6-9/h1,10H,3-7H2,(H,11,12). The molecule has 0 saturated heterocycles. The van der Waals surface area contributed by atoms with Crippen LogP contribution in [0.1, 0.15) is 25.7 Å². The van der Waals surface area contributed by atoms with E-state index in [-0.39, 0.29) is 0 Å². The lowest BCUT2D eigenvalue weighted by Gasteiger charge is -2.38. The van der Waals surface area contributed by atoms with Crippen molar-refractivity contribution in [3.05, 3.63) is 0 Å². The zero-order chi connectivity index (χ0) is 9.03. The predicted octanol–water partition coefficient (Wildman–Crippen LogP) is 0.607. The number of aliphatic carboxylic acids is 1. The number of carboxylic acids is 1. The zero-order valence-corrected chi connectivity index (χ0v) is 6.97. The molecule has 0 bridgehead atoms. The molecule has 0 aromatic heterocycles. The molecule has 12 heavy (non-hydrogen) atoms. The van der Waals surface area contributed by atoms with E-state index in [1.165, 1.54) is 0 Å². The van der Waals surface area contributed by atoms with E-state index < -0.39 is 11.5 Å². The molecule has 1 fully saturated rings. The van der Waals surface area contributed by atoms with Crippen molar-refractivity contribution >= 4 is 5.97 Å². The van der Waals surface area contributed by atoms with E-state index in [4.69, 9.17) is 11.5 Å². The van der Waals surface area contributed by atoms with Crippen LogP contribution in [0.5, 0.6) is 0 Å². The molecule has 0 amide bonds. The van der Waals surface area contributed by atoms with Gasteiger partial charge in [0, 0.05) is 13.0 Å². The summed E-state index contributed by atoms with van der Waals surface area (Å²) in [4.78, 5) is 10.8. The van der Waals surface area contributed by atoms with Crippen LogP contribution in [-0.2, 0) is 4.79 Å². The second kappa shape index (κ2) is 3.59. The normalized spacial score (nSPS) is 19.2. The van der Waals surface area contributed by atoms with E-state index in [2.05, 4.69) is 11.2 Å². The fraction of sp³-hybridized carbons (Fsp3) is 0.667. The van der Waals surface area contributed by atoms with Gasteiger partial charge in [0.25, 0.3) is 0 Å². The molecule has 0 aromatic carbocycles. The molecule has 0 radical (unpaired) electrons. The van der Waals surface area contributed by atoms with Gasteiger partial charge in [0.15, 0.2) is 0 Å². The lowest BCUT2D eigenvalue weighted by Crippen LogP contribution is -2.57. The lowest BCUT2D eigenvalue weighted by atomic mass is 9.77. The minimum Gasteiger partial charge on any atom is -0.480 e. The quantitative estimate of drug-likeness (QED) is 0.476. The maximum Gasteiger partial charge on any atom is 0.323 e. The summed E-state index contributed by atoms with van der Waals surface area (Å²) < 4.78 is 0. The third-order valence-corrected chi connectivity index (χ3v) is 2.35. The molecule has 2 N–H and O–H groups in total. The average molecular weight is 167 g/mol. The highest BCUT2D eigenvalue weighted by molar-refractivity contribution is 5.79. The summed E-state index contributed by atoms with van der Waals surface area (Å²) in [6.45, 7) is 0.600. The van der Waals surface area contributed by atoms with Gasteiger partial charge in [-0.3, -0.25) is 4.79 Å². The van der Waals surface area contributed by atoms with Gasteiger partial charge >= 0.3 is 5.97 Å². The second-order valence-electron chi connectivity index (χ2n) is 3.12. The number of nitrogens with one attached hydrogen (secondary N) is 1. The summed E-state index contributed by atoms with van der Waals surface area (Å²) in [5, 5.41) is 11.9. The molecule has 1 aliphatic carbocycles. The Kier molecular flexibility index (Phi) is 2.72. The Balaban J connectivity index is 2.36. The lowest BCUT2D eigenvalue weighted by molar-refractivity contribution is -0.148. The third kappa shape index (κ3) is 1.59. The summed E-state index contributed by atoms with van der Waals surface area (Å²) in [6.07, 6.45) is 8.10. The number of carboxylic acid groups (broad SMARTS) is 1. The molecule has 1 rings (SSSR count). The Morgan fingerprint density at radius 2 is 2.33 bits per heavy atom. The summed E-state index contributed by atoms with van der Waals surface area (Å²) in [7, 11) is 0. The van der Waals surface area contributed by atoms with Crippen LogP contribution >= 0.6 is 0 Å². The fourth-order valence-corrected chi connectivity index (χ4v) is 1.37. The second-order valence-corrected chi connectivity index (χ2v) is 3.12. The van der Waals surface area contributed by atoms with Crippen LogP contribution in [0, 0.1) is 12.3 Å². The van der Waals surface area contributed by atoms with Crippen molar-refractivity contribution < 1.29 is 9.90 Å². The van der Waals surface area contributed by atoms with Crippen molar-refractivity contribution in [2.45, 2.75) is 31.2 Å². The first-order chi connectivity index (χ1) is 5.71. The average Bonchev–Trinajstić information content (AvgIpc) is 1.94. The molecular formula is C9H13NO2. The maximum absolute atomic E-state index is 10.8. The first-order valence-electron chi connectivity index (χ1n) is 4.13. The van der Waals surface area contributed by atoms with Crippen LogP contribution in [0.3, 0.4) is 0 Å².